The van der Waals surface area contributed by atoms with Gasteiger partial charge in [-0.1, -0.05) is 23.2 Å². The molecule has 158 valence electrons. The van der Waals surface area contributed by atoms with Crippen LogP contribution in [0.3, 0.4) is 0 Å². The molecule has 1 aliphatic heterocycles. The molecule has 1 aromatic carbocycles. The van der Waals surface area contributed by atoms with E-state index in [0.29, 0.717) is 28.8 Å². The summed E-state index contributed by atoms with van der Waals surface area (Å²) in [6.45, 7) is 1.15. The minimum Gasteiger partial charge on any atom is -0.387 e. The van der Waals surface area contributed by atoms with Crippen LogP contribution in [0, 0.1) is 0 Å². The number of fused-ring (bicyclic) bond motifs is 1. The molecular formula is C21H23Cl2N5O2. The van der Waals surface area contributed by atoms with E-state index >= 15 is 0 Å². The summed E-state index contributed by atoms with van der Waals surface area (Å²) in [6, 6.07) is 6.99. The zero-order chi connectivity index (χ0) is 21.4. The number of imidazole rings is 1. The van der Waals surface area contributed by atoms with E-state index in [1.54, 1.807) is 40.6 Å². The summed E-state index contributed by atoms with van der Waals surface area (Å²) in [5, 5.41) is 4.09. The first-order chi connectivity index (χ1) is 14.4. The number of amides is 1. The van der Waals surface area contributed by atoms with Gasteiger partial charge in [-0.3, -0.25) is 13.9 Å². The van der Waals surface area contributed by atoms with Crippen LogP contribution in [0.25, 0.3) is 11.2 Å². The van der Waals surface area contributed by atoms with Crippen molar-refractivity contribution in [3.8, 4) is 0 Å². The van der Waals surface area contributed by atoms with Crippen molar-refractivity contribution < 1.29 is 4.79 Å². The Labute approximate surface area is 184 Å². The van der Waals surface area contributed by atoms with Crippen molar-refractivity contribution in [2.45, 2.75) is 25.3 Å². The van der Waals surface area contributed by atoms with Gasteiger partial charge in [-0.05, 0) is 42.7 Å². The van der Waals surface area contributed by atoms with Gasteiger partial charge in [-0.2, -0.15) is 0 Å². The zero-order valence-electron chi connectivity index (χ0n) is 16.9. The van der Waals surface area contributed by atoms with Crippen molar-refractivity contribution in [3.05, 3.63) is 56.6 Å². The fourth-order valence-corrected chi connectivity index (χ4v) is 4.69. The number of rotatable bonds is 4. The first kappa shape index (κ1) is 20.8. The SMILES string of the molecule is CNc1cnc2c(c1)n([C@H]1CCCN(C(=O)Cc3cc(Cl)cc(Cl)c3)C1)c(=O)n2C. The lowest BCUT2D eigenvalue weighted by atomic mass is 10.0. The van der Waals surface area contributed by atoms with Crippen molar-refractivity contribution in [1.82, 2.24) is 19.0 Å². The minimum absolute atomic E-state index is 0.000331. The molecule has 3 aromatic rings. The number of likely N-dealkylation sites (tertiary alicyclic amines) is 1. The van der Waals surface area contributed by atoms with Gasteiger partial charge in [0.1, 0.15) is 0 Å². The van der Waals surface area contributed by atoms with Gasteiger partial charge in [0.05, 0.1) is 29.9 Å². The second kappa shape index (κ2) is 8.32. The lowest BCUT2D eigenvalue weighted by Crippen LogP contribution is -2.43. The number of hydrogen-bond donors (Lipinski definition) is 1. The number of halogens is 2. The van der Waals surface area contributed by atoms with Crippen molar-refractivity contribution in [1.29, 1.82) is 0 Å². The quantitative estimate of drug-likeness (QED) is 0.664. The number of nitrogens with zero attached hydrogens (tertiary/aromatic N) is 4. The summed E-state index contributed by atoms with van der Waals surface area (Å²) in [7, 11) is 3.54. The third kappa shape index (κ3) is 3.91. The number of carbonyl (C=O) groups is 1. The van der Waals surface area contributed by atoms with Gasteiger partial charge in [0, 0.05) is 37.2 Å². The van der Waals surface area contributed by atoms with Crippen LogP contribution in [-0.4, -0.2) is 45.1 Å². The monoisotopic (exact) mass is 447 g/mol. The van der Waals surface area contributed by atoms with Crippen LogP contribution in [-0.2, 0) is 18.3 Å². The Balaban J connectivity index is 1.60. The van der Waals surface area contributed by atoms with Gasteiger partial charge < -0.3 is 10.2 Å². The van der Waals surface area contributed by atoms with Crippen LogP contribution in [0.4, 0.5) is 5.69 Å². The molecule has 3 heterocycles. The average Bonchev–Trinajstić information content (AvgIpc) is 2.97. The molecule has 9 heteroatoms. The number of aromatic nitrogens is 3. The van der Waals surface area contributed by atoms with Crippen LogP contribution in [0.5, 0.6) is 0 Å². The number of anilines is 1. The molecular weight excluding hydrogens is 425 g/mol. The largest absolute Gasteiger partial charge is 0.387 e. The molecule has 7 nitrogen and oxygen atoms in total. The highest BCUT2D eigenvalue weighted by atomic mass is 35.5. The number of nitrogens with one attached hydrogen (secondary N) is 1. The molecule has 1 amide bonds. The molecule has 0 saturated carbocycles. The molecule has 2 aromatic heterocycles. The van der Waals surface area contributed by atoms with Crippen LogP contribution in [0.1, 0.15) is 24.4 Å². The van der Waals surface area contributed by atoms with Gasteiger partial charge in [0.15, 0.2) is 5.65 Å². The van der Waals surface area contributed by atoms with Crippen molar-refractivity contribution in [3.63, 3.8) is 0 Å². The van der Waals surface area contributed by atoms with E-state index in [2.05, 4.69) is 10.3 Å². The van der Waals surface area contributed by atoms with E-state index in [1.807, 2.05) is 18.0 Å². The highest BCUT2D eigenvalue weighted by molar-refractivity contribution is 6.34. The van der Waals surface area contributed by atoms with E-state index < -0.39 is 0 Å². The molecule has 4 rings (SSSR count). The van der Waals surface area contributed by atoms with Gasteiger partial charge in [-0.25, -0.2) is 9.78 Å². The zero-order valence-corrected chi connectivity index (χ0v) is 18.4. The fourth-order valence-electron chi connectivity index (χ4n) is 4.12. The van der Waals surface area contributed by atoms with Gasteiger partial charge in [0.25, 0.3) is 0 Å². The molecule has 0 spiro atoms. The summed E-state index contributed by atoms with van der Waals surface area (Å²) >= 11 is 12.1. The molecule has 30 heavy (non-hydrogen) atoms. The van der Waals surface area contributed by atoms with Crippen molar-refractivity contribution >= 4 is 46.0 Å². The maximum atomic E-state index is 13.0. The first-order valence-corrected chi connectivity index (χ1v) is 10.6. The predicted molar refractivity (Wildman–Crippen MR) is 120 cm³/mol. The maximum absolute atomic E-state index is 13.0. The molecule has 1 aliphatic rings. The highest BCUT2D eigenvalue weighted by Gasteiger charge is 2.28. The molecule has 1 N–H and O–H groups in total. The molecule has 1 saturated heterocycles. The van der Waals surface area contributed by atoms with Gasteiger partial charge in [-0.15, -0.1) is 0 Å². The Morgan fingerprint density at radius 1 is 1.23 bits per heavy atom. The predicted octanol–water partition coefficient (Wildman–Crippen LogP) is 3.49. The second-order valence-electron chi connectivity index (χ2n) is 7.62. The highest BCUT2D eigenvalue weighted by Crippen LogP contribution is 2.26. The maximum Gasteiger partial charge on any atom is 0.330 e. The Morgan fingerprint density at radius 3 is 2.67 bits per heavy atom. The van der Waals surface area contributed by atoms with Crippen LogP contribution in [0.15, 0.2) is 35.3 Å². The number of pyridine rings is 1. The number of piperidine rings is 1. The first-order valence-electron chi connectivity index (χ1n) is 9.85. The summed E-state index contributed by atoms with van der Waals surface area (Å²) in [6.07, 6.45) is 3.59. The topological polar surface area (TPSA) is 72.2 Å². The van der Waals surface area contributed by atoms with E-state index in [0.717, 1.165) is 29.6 Å². The normalized spacial score (nSPS) is 16.8. The van der Waals surface area contributed by atoms with E-state index in [-0.39, 0.29) is 24.1 Å². The van der Waals surface area contributed by atoms with Gasteiger partial charge in [0.2, 0.25) is 5.91 Å². The molecule has 0 radical (unpaired) electrons. The number of hydrogen-bond acceptors (Lipinski definition) is 4. The van der Waals surface area contributed by atoms with Crippen LogP contribution >= 0.6 is 23.2 Å². The number of benzene rings is 1. The fraction of sp³-hybridized carbons (Fsp3) is 0.381. The van der Waals surface area contributed by atoms with Crippen molar-refractivity contribution in [2.75, 3.05) is 25.5 Å². The van der Waals surface area contributed by atoms with E-state index in [4.69, 9.17) is 23.2 Å². The lowest BCUT2D eigenvalue weighted by Gasteiger charge is -2.33. The number of carbonyl (C=O) groups excluding carboxylic acids is 1. The molecule has 1 fully saturated rings. The summed E-state index contributed by atoms with van der Waals surface area (Å²) in [4.78, 5) is 32.2. The molecule has 0 bridgehead atoms. The Hall–Kier alpha value is -2.51. The molecule has 1 atom stereocenters. The number of aryl methyl sites for hydroxylation is 1. The summed E-state index contributed by atoms with van der Waals surface area (Å²) in [5.74, 6) is 0.000331. The van der Waals surface area contributed by atoms with Gasteiger partial charge >= 0.3 is 5.69 Å². The smallest absolute Gasteiger partial charge is 0.330 e. The Morgan fingerprint density at radius 2 is 1.97 bits per heavy atom. The lowest BCUT2D eigenvalue weighted by molar-refractivity contribution is -0.132. The standard InChI is InChI=1S/C21H23Cl2N5O2/c1-24-16-10-18-20(25-11-16)26(2)21(30)28(18)17-4-3-5-27(12-17)19(29)8-13-6-14(22)9-15(23)7-13/h6-7,9-11,17,24H,3-5,8,12H2,1-2H3/t17-/m0/s1. The summed E-state index contributed by atoms with van der Waals surface area (Å²) < 4.78 is 3.34. The third-order valence-electron chi connectivity index (χ3n) is 5.60. The van der Waals surface area contributed by atoms with Crippen LogP contribution in [0.2, 0.25) is 10.0 Å². The average molecular weight is 448 g/mol. The Kier molecular flexibility index (Phi) is 5.75. The van der Waals surface area contributed by atoms with E-state index in [1.165, 1.54) is 0 Å². The molecule has 0 unspecified atom stereocenters. The minimum atomic E-state index is -0.119. The second-order valence-corrected chi connectivity index (χ2v) is 8.49. The third-order valence-corrected chi connectivity index (χ3v) is 6.03. The Bertz CT molecular complexity index is 1150. The van der Waals surface area contributed by atoms with E-state index in [9.17, 15) is 9.59 Å². The van der Waals surface area contributed by atoms with Crippen molar-refractivity contribution in [2.24, 2.45) is 7.05 Å². The molecule has 0 aliphatic carbocycles. The summed E-state index contributed by atoms with van der Waals surface area (Å²) in [5.41, 5.74) is 2.91. The van der Waals surface area contributed by atoms with Crippen LogP contribution < -0.4 is 11.0 Å².